The Balaban J connectivity index is 4.23. The third-order valence-corrected chi connectivity index (χ3v) is 2.61. The van der Waals surface area contributed by atoms with Gasteiger partial charge in [0, 0.05) is 5.92 Å². The average Bonchev–Trinajstić information content (AvgIpc) is 1.78. The summed E-state index contributed by atoms with van der Waals surface area (Å²) in [4.78, 5) is 11.2. The summed E-state index contributed by atoms with van der Waals surface area (Å²) in [7, 11) is -3.20. The lowest BCUT2D eigenvalue weighted by atomic mass is 10.7. The molecule has 2 nitrogen and oxygen atoms in total. The molecule has 0 unspecified atom stereocenters. The third kappa shape index (κ3) is 9.38. The van der Waals surface area contributed by atoms with Gasteiger partial charge in [0.1, 0.15) is 8.07 Å². The first kappa shape index (κ1) is 12.5. The van der Waals surface area contributed by atoms with Crippen LogP contribution in [0, 0.1) is 11.5 Å². The SMILES string of the molecule is C[Si](C)(C)C#CC(=O)O[Si](C)(C)C. The zero-order valence-electron chi connectivity index (χ0n) is 9.32. The van der Waals surface area contributed by atoms with E-state index < -0.39 is 16.4 Å². The van der Waals surface area contributed by atoms with Crippen LogP contribution < -0.4 is 0 Å². The van der Waals surface area contributed by atoms with Crippen molar-refractivity contribution in [2.75, 3.05) is 0 Å². The summed E-state index contributed by atoms with van der Waals surface area (Å²) >= 11 is 0. The second-order valence-corrected chi connectivity index (χ2v) is 14.2. The molecule has 0 spiro atoms. The number of carbonyl (C=O) groups is 1. The van der Waals surface area contributed by atoms with Gasteiger partial charge in [-0.25, -0.2) is 4.79 Å². The zero-order chi connectivity index (χ0) is 10.7. The molecule has 0 amide bonds. The van der Waals surface area contributed by atoms with Gasteiger partial charge < -0.3 is 4.43 Å². The monoisotopic (exact) mass is 214 g/mol. The van der Waals surface area contributed by atoms with E-state index in [1.54, 1.807) is 0 Å². The van der Waals surface area contributed by atoms with Crippen molar-refractivity contribution in [3.8, 4) is 11.5 Å². The number of carbonyl (C=O) groups excluding carboxylic acids is 1. The highest BCUT2D eigenvalue weighted by atomic mass is 28.4. The summed E-state index contributed by atoms with van der Waals surface area (Å²) in [6, 6.07) is 0. The molecule has 0 bridgehead atoms. The molecule has 0 aliphatic carbocycles. The van der Waals surface area contributed by atoms with Gasteiger partial charge in [0.2, 0.25) is 8.32 Å². The minimum atomic E-state index is -1.75. The Morgan fingerprint density at radius 2 is 1.54 bits per heavy atom. The Morgan fingerprint density at radius 1 is 1.08 bits per heavy atom. The molecule has 0 rings (SSSR count). The Morgan fingerprint density at radius 3 is 1.85 bits per heavy atom. The van der Waals surface area contributed by atoms with E-state index in [9.17, 15) is 4.79 Å². The van der Waals surface area contributed by atoms with E-state index in [1.165, 1.54) is 0 Å². The van der Waals surface area contributed by atoms with Crippen LogP contribution in [0.3, 0.4) is 0 Å². The van der Waals surface area contributed by atoms with Crippen LogP contribution in [-0.4, -0.2) is 22.4 Å². The molecular formula is C9H18O2Si2. The Labute approximate surface area is 82.8 Å². The lowest BCUT2D eigenvalue weighted by Gasteiger charge is -2.14. The highest BCUT2D eigenvalue weighted by Gasteiger charge is 2.19. The number of rotatable bonds is 1. The van der Waals surface area contributed by atoms with Gasteiger partial charge in [-0.15, -0.1) is 5.54 Å². The van der Waals surface area contributed by atoms with E-state index in [2.05, 4.69) is 31.1 Å². The smallest absolute Gasteiger partial charge is 0.370 e. The Hall–Kier alpha value is -0.536. The van der Waals surface area contributed by atoms with Gasteiger partial charge in [0.25, 0.3) is 0 Å². The molecule has 0 saturated carbocycles. The first-order valence-corrected chi connectivity index (χ1v) is 11.3. The minimum Gasteiger partial charge on any atom is -0.511 e. The van der Waals surface area contributed by atoms with Crippen molar-refractivity contribution < 1.29 is 9.22 Å². The van der Waals surface area contributed by atoms with E-state index in [0.29, 0.717) is 0 Å². The van der Waals surface area contributed by atoms with E-state index in [4.69, 9.17) is 4.43 Å². The molecule has 0 heterocycles. The first-order valence-electron chi connectivity index (χ1n) is 4.36. The highest BCUT2D eigenvalue weighted by Crippen LogP contribution is 2.02. The van der Waals surface area contributed by atoms with Crippen molar-refractivity contribution in [3.63, 3.8) is 0 Å². The summed E-state index contributed by atoms with van der Waals surface area (Å²) in [5.41, 5.74) is 2.98. The van der Waals surface area contributed by atoms with Crippen molar-refractivity contribution in [2.45, 2.75) is 39.3 Å². The summed E-state index contributed by atoms with van der Waals surface area (Å²) in [6.45, 7) is 12.2. The summed E-state index contributed by atoms with van der Waals surface area (Å²) in [5, 5.41) is 0. The van der Waals surface area contributed by atoms with Crippen LogP contribution in [0.1, 0.15) is 0 Å². The predicted molar refractivity (Wildman–Crippen MR) is 60.6 cm³/mol. The van der Waals surface area contributed by atoms with Crippen LogP contribution in [0.5, 0.6) is 0 Å². The summed E-state index contributed by atoms with van der Waals surface area (Å²) in [6.07, 6.45) is 0. The molecule has 0 aliphatic heterocycles. The standard InChI is InChI=1S/C9H18O2Si2/c1-12(2,3)8-7-9(10)11-13(4,5)6/h1-6H3. The fourth-order valence-electron chi connectivity index (χ4n) is 0.542. The molecule has 13 heavy (non-hydrogen) atoms. The topological polar surface area (TPSA) is 26.3 Å². The van der Waals surface area contributed by atoms with Gasteiger partial charge in [-0.1, -0.05) is 19.6 Å². The molecule has 74 valence electrons. The third-order valence-electron chi connectivity index (χ3n) is 0.938. The predicted octanol–water partition coefficient (Wildman–Crippen LogP) is 2.25. The maximum absolute atomic E-state index is 11.2. The normalized spacial score (nSPS) is 11.5. The number of hydrogen-bond donors (Lipinski definition) is 0. The van der Waals surface area contributed by atoms with Crippen LogP contribution in [0.15, 0.2) is 0 Å². The lowest BCUT2D eigenvalue weighted by Crippen LogP contribution is -2.28. The van der Waals surface area contributed by atoms with E-state index in [-0.39, 0.29) is 5.97 Å². The van der Waals surface area contributed by atoms with Crippen molar-refractivity contribution in [1.29, 1.82) is 0 Å². The van der Waals surface area contributed by atoms with Crippen LogP contribution in [0.4, 0.5) is 0 Å². The molecule has 0 aromatic heterocycles. The van der Waals surface area contributed by atoms with Crippen LogP contribution in [0.2, 0.25) is 39.3 Å². The van der Waals surface area contributed by atoms with Gasteiger partial charge in [-0.05, 0) is 19.6 Å². The quantitative estimate of drug-likeness (QED) is 0.494. The largest absolute Gasteiger partial charge is 0.511 e. The lowest BCUT2D eigenvalue weighted by molar-refractivity contribution is -0.128. The second kappa shape index (κ2) is 4.12. The minimum absolute atomic E-state index is 0.360. The van der Waals surface area contributed by atoms with Crippen LogP contribution in [-0.2, 0) is 9.22 Å². The van der Waals surface area contributed by atoms with Crippen LogP contribution in [0.25, 0.3) is 0 Å². The fourth-order valence-corrected chi connectivity index (χ4v) is 1.63. The molecule has 0 aromatic carbocycles. The van der Waals surface area contributed by atoms with Gasteiger partial charge >= 0.3 is 5.97 Å². The van der Waals surface area contributed by atoms with Crippen molar-refractivity contribution >= 4 is 22.4 Å². The maximum atomic E-state index is 11.2. The molecule has 0 fully saturated rings. The van der Waals surface area contributed by atoms with Gasteiger partial charge in [-0.2, -0.15) is 0 Å². The molecule has 0 aliphatic rings. The summed E-state index contributed by atoms with van der Waals surface area (Å²) < 4.78 is 5.18. The first-order chi connectivity index (χ1) is 5.60. The maximum Gasteiger partial charge on any atom is 0.370 e. The van der Waals surface area contributed by atoms with E-state index in [0.717, 1.165) is 0 Å². The fraction of sp³-hybridized carbons (Fsp3) is 0.667. The van der Waals surface area contributed by atoms with Crippen molar-refractivity contribution in [3.05, 3.63) is 0 Å². The Bertz CT molecular complexity index is 248. The van der Waals surface area contributed by atoms with E-state index in [1.807, 2.05) is 19.6 Å². The van der Waals surface area contributed by atoms with Crippen molar-refractivity contribution in [2.24, 2.45) is 0 Å². The van der Waals surface area contributed by atoms with Crippen LogP contribution >= 0.6 is 0 Å². The van der Waals surface area contributed by atoms with E-state index >= 15 is 0 Å². The molecule has 0 N–H and O–H groups in total. The zero-order valence-corrected chi connectivity index (χ0v) is 11.3. The molecule has 0 aromatic rings. The molecular weight excluding hydrogens is 196 g/mol. The number of hydrogen-bond acceptors (Lipinski definition) is 2. The summed E-state index contributed by atoms with van der Waals surface area (Å²) in [5.74, 6) is 2.20. The Kier molecular flexibility index (Phi) is 3.95. The van der Waals surface area contributed by atoms with Gasteiger partial charge in [-0.3, -0.25) is 0 Å². The van der Waals surface area contributed by atoms with Gasteiger partial charge in [0.15, 0.2) is 0 Å². The highest BCUT2D eigenvalue weighted by molar-refractivity contribution is 6.84. The molecule has 4 heteroatoms. The van der Waals surface area contributed by atoms with Crippen molar-refractivity contribution in [1.82, 2.24) is 0 Å². The molecule has 0 radical (unpaired) electrons. The van der Waals surface area contributed by atoms with Gasteiger partial charge in [0.05, 0.1) is 0 Å². The molecule has 0 atom stereocenters. The average molecular weight is 214 g/mol. The second-order valence-electron chi connectivity index (χ2n) is 5.00. The molecule has 0 saturated heterocycles.